The predicted octanol–water partition coefficient (Wildman–Crippen LogP) is 3.34. The normalized spacial score (nSPS) is 17.1. The molecule has 1 aliphatic rings. The topological polar surface area (TPSA) is 61.5 Å². The van der Waals surface area contributed by atoms with E-state index in [0.717, 1.165) is 33.0 Å². The fourth-order valence-corrected chi connectivity index (χ4v) is 3.81. The van der Waals surface area contributed by atoms with E-state index in [-0.39, 0.29) is 6.10 Å². The van der Waals surface area contributed by atoms with Crippen molar-refractivity contribution in [2.45, 2.75) is 31.0 Å². The SMILES string of the molecule is CC(C)SCc1nnc2sc(C3COc4ccccc4O3)nn12. The van der Waals surface area contributed by atoms with Crippen LogP contribution in [-0.2, 0) is 5.75 Å². The van der Waals surface area contributed by atoms with Gasteiger partial charge in [-0.15, -0.1) is 10.2 Å². The minimum atomic E-state index is -0.206. The van der Waals surface area contributed by atoms with Crippen molar-refractivity contribution in [1.29, 1.82) is 0 Å². The van der Waals surface area contributed by atoms with Crippen LogP contribution in [0.1, 0.15) is 30.8 Å². The second kappa shape index (κ2) is 6.01. The lowest BCUT2D eigenvalue weighted by atomic mass is 10.3. The number of para-hydroxylation sites is 2. The van der Waals surface area contributed by atoms with E-state index in [2.05, 4.69) is 29.1 Å². The van der Waals surface area contributed by atoms with Gasteiger partial charge in [0.05, 0.1) is 5.75 Å². The van der Waals surface area contributed by atoms with Gasteiger partial charge in [0.1, 0.15) is 6.61 Å². The van der Waals surface area contributed by atoms with Gasteiger partial charge in [-0.2, -0.15) is 21.4 Å². The summed E-state index contributed by atoms with van der Waals surface area (Å²) in [6.45, 7) is 4.79. The average molecular weight is 348 g/mol. The van der Waals surface area contributed by atoms with Gasteiger partial charge in [0, 0.05) is 0 Å². The molecule has 0 N–H and O–H groups in total. The molecule has 23 heavy (non-hydrogen) atoms. The number of hydrogen-bond acceptors (Lipinski definition) is 7. The minimum absolute atomic E-state index is 0.206. The summed E-state index contributed by atoms with van der Waals surface area (Å²) in [6.07, 6.45) is -0.206. The Kier molecular flexibility index (Phi) is 3.86. The van der Waals surface area contributed by atoms with Crippen molar-refractivity contribution < 1.29 is 9.47 Å². The van der Waals surface area contributed by atoms with E-state index < -0.39 is 0 Å². The van der Waals surface area contributed by atoms with E-state index in [0.29, 0.717) is 11.9 Å². The maximum Gasteiger partial charge on any atom is 0.234 e. The van der Waals surface area contributed by atoms with Crippen LogP contribution >= 0.6 is 23.1 Å². The summed E-state index contributed by atoms with van der Waals surface area (Å²) in [5.74, 6) is 3.21. The van der Waals surface area contributed by atoms with Crippen molar-refractivity contribution in [3.63, 3.8) is 0 Å². The number of nitrogens with zero attached hydrogens (tertiary/aromatic N) is 4. The Morgan fingerprint density at radius 3 is 2.96 bits per heavy atom. The summed E-state index contributed by atoms with van der Waals surface area (Å²) in [6, 6.07) is 7.69. The van der Waals surface area contributed by atoms with Crippen LogP contribution in [0.15, 0.2) is 24.3 Å². The van der Waals surface area contributed by atoms with E-state index in [1.807, 2.05) is 40.5 Å². The number of rotatable bonds is 4. The number of ether oxygens (including phenoxy) is 2. The first-order valence-corrected chi connectivity index (χ1v) is 9.28. The Labute approximate surface area is 141 Å². The van der Waals surface area contributed by atoms with Gasteiger partial charge in [-0.1, -0.05) is 37.3 Å². The van der Waals surface area contributed by atoms with Crippen molar-refractivity contribution in [2.75, 3.05) is 6.61 Å². The summed E-state index contributed by atoms with van der Waals surface area (Å²) < 4.78 is 13.6. The quantitative estimate of drug-likeness (QED) is 0.721. The van der Waals surface area contributed by atoms with Crippen LogP contribution in [0.25, 0.3) is 4.96 Å². The predicted molar refractivity (Wildman–Crippen MR) is 90.4 cm³/mol. The standard InChI is InChI=1S/C15H16N4O2S2/c1-9(2)22-8-13-16-17-15-19(13)18-14(23-15)12-7-20-10-5-3-4-6-11(10)21-12/h3-6,9,12H,7-8H2,1-2H3. The number of aromatic nitrogens is 4. The van der Waals surface area contributed by atoms with Gasteiger partial charge in [-0.25, -0.2) is 0 Å². The molecule has 0 fully saturated rings. The fourth-order valence-electron chi connectivity index (χ4n) is 2.27. The highest BCUT2D eigenvalue weighted by molar-refractivity contribution is 7.99. The van der Waals surface area contributed by atoms with Gasteiger partial charge in [0.25, 0.3) is 0 Å². The van der Waals surface area contributed by atoms with Crippen molar-refractivity contribution in [3.8, 4) is 11.5 Å². The molecule has 0 radical (unpaired) electrons. The molecule has 0 saturated heterocycles. The van der Waals surface area contributed by atoms with Gasteiger partial charge < -0.3 is 9.47 Å². The molecule has 0 amide bonds. The first-order chi connectivity index (χ1) is 11.2. The number of hydrogen-bond donors (Lipinski definition) is 0. The molecule has 3 aromatic rings. The second-order valence-corrected chi connectivity index (χ2v) is 8.03. The van der Waals surface area contributed by atoms with E-state index in [9.17, 15) is 0 Å². The van der Waals surface area contributed by atoms with Crippen LogP contribution in [0.5, 0.6) is 11.5 Å². The van der Waals surface area contributed by atoms with Gasteiger partial charge in [0.2, 0.25) is 4.96 Å². The molecule has 1 aliphatic heterocycles. The molecular weight excluding hydrogens is 332 g/mol. The Morgan fingerprint density at radius 1 is 1.30 bits per heavy atom. The number of fused-ring (bicyclic) bond motifs is 2. The van der Waals surface area contributed by atoms with E-state index in [1.165, 1.54) is 11.3 Å². The minimum Gasteiger partial charge on any atom is -0.485 e. The zero-order valence-electron chi connectivity index (χ0n) is 12.8. The molecule has 2 aromatic heterocycles. The van der Waals surface area contributed by atoms with Crippen LogP contribution in [0.3, 0.4) is 0 Å². The highest BCUT2D eigenvalue weighted by atomic mass is 32.2. The van der Waals surface area contributed by atoms with Crippen molar-refractivity contribution in [1.82, 2.24) is 19.8 Å². The van der Waals surface area contributed by atoms with Crippen molar-refractivity contribution >= 4 is 28.1 Å². The highest BCUT2D eigenvalue weighted by Gasteiger charge is 2.26. The molecule has 1 unspecified atom stereocenters. The van der Waals surface area contributed by atoms with Crippen LogP contribution in [-0.4, -0.2) is 31.7 Å². The molecule has 1 aromatic carbocycles. The smallest absolute Gasteiger partial charge is 0.234 e. The lowest BCUT2D eigenvalue weighted by Crippen LogP contribution is -2.21. The van der Waals surface area contributed by atoms with Gasteiger partial charge >= 0.3 is 0 Å². The number of benzene rings is 1. The van der Waals surface area contributed by atoms with E-state index in [1.54, 1.807) is 0 Å². The average Bonchev–Trinajstić information content (AvgIpc) is 3.13. The molecule has 3 heterocycles. The molecule has 0 spiro atoms. The molecule has 0 aliphatic carbocycles. The van der Waals surface area contributed by atoms with Crippen LogP contribution in [0, 0.1) is 0 Å². The third-order valence-corrected chi connectivity index (χ3v) is 5.48. The second-order valence-electron chi connectivity index (χ2n) is 5.47. The maximum atomic E-state index is 6.01. The Balaban J connectivity index is 1.58. The zero-order chi connectivity index (χ0) is 15.8. The highest BCUT2D eigenvalue weighted by Crippen LogP contribution is 2.36. The monoisotopic (exact) mass is 348 g/mol. The molecule has 4 rings (SSSR count). The first-order valence-electron chi connectivity index (χ1n) is 7.42. The number of thioether (sulfide) groups is 1. The Bertz CT molecular complexity index is 830. The van der Waals surface area contributed by atoms with Crippen LogP contribution in [0.4, 0.5) is 0 Å². The van der Waals surface area contributed by atoms with Crippen molar-refractivity contribution in [2.24, 2.45) is 0 Å². The third kappa shape index (κ3) is 2.88. The fraction of sp³-hybridized carbons (Fsp3) is 0.400. The molecular formula is C15H16N4O2S2. The first kappa shape index (κ1) is 14.8. The van der Waals surface area contributed by atoms with Crippen molar-refractivity contribution in [3.05, 3.63) is 35.1 Å². The van der Waals surface area contributed by atoms with Gasteiger partial charge in [-0.05, 0) is 17.4 Å². The summed E-state index contributed by atoms with van der Waals surface area (Å²) in [5.41, 5.74) is 0. The zero-order valence-corrected chi connectivity index (χ0v) is 14.4. The summed E-state index contributed by atoms with van der Waals surface area (Å²) in [5, 5.41) is 14.5. The van der Waals surface area contributed by atoms with Gasteiger partial charge in [-0.3, -0.25) is 0 Å². The molecule has 6 nitrogen and oxygen atoms in total. The lowest BCUT2D eigenvalue weighted by Gasteiger charge is -2.24. The maximum absolute atomic E-state index is 6.01. The lowest BCUT2D eigenvalue weighted by molar-refractivity contribution is 0.0904. The molecule has 0 bridgehead atoms. The molecule has 120 valence electrons. The van der Waals surface area contributed by atoms with E-state index in [4.69, 9.17) is 9.47 Å². The Hall–Kier alpha value is -1.80. The summed E-state index contributed by atoms with van der Waals surface area (Å²) >= 11 is 3.32. The summed E-state index contributed by atoms with van der Waals surface area (Å²) in [4.78, 5) is 0.793. The molecule has 0 saturated carbocycles. The summed E-state index contributed by atoms with van der Waals surface area (Å²) in [7, 11) is 0. The largest absolute Gasteiger partial charge is 0.485 e. The molecule has 8 heteroatoms. The van der Waals surface area contributed by atoms with Crippen LogP contribution < -0.4 is 9.47 Å². The van der Waals surface area contributed by atoms with Crippen LogP contribution in [0.2, 0.25) is 0 Å². The molecule has 1 atom stereocenters. The van der Waals surface area contributed by atoms with Gasteiger partial charge in [0.15, 0.2) is 28.4 Å². The van der Waals surface area contributed by atoms with E-state index >= 15 is 0 Å². The third-order valence-electron chi connectivity index (χ3n) is 3.40. The Morgan fingerprint density at radius 2 is 2.13 bits per heavy atom.